The van der Waals surface area contributed by atoms with Crippen LogP contribution in [-0.2, 0) is 10.1 Å². The van der Waals surface area contributed by atoms with Gasteiger partial charge in [-0.15, -0.1) is 0 Å². The minimum Gasteiger partial charge on any atom is -0.495 e. The van der Waals surface area contributed by atoms with Crippen molar-refractivity contribution in [2.45, 2.75) is 24.7 Å². The van der Waals surface area contributed by atoms with Crippen molar-refractivity contribution in [2.24, 2.45) is 0 Å². The molecule has 0 aliphatic heterocycles. The van der Waals surface area contributed by atoms with Crippen LogP contribution < -0.4 is 8.92 Å². The number of non-ortho nitro benzene ring substituents is 1. The predicted molar refractivity (Wildman–Crippen MR) is 88.0 cm³/mol. The molecule has 0 unspecified atom stereocenters. The van der Waals surface area contributed by atoms with E-state index in [1.165, 1.54) is 19.2 Å². The van der Waals surface area contributed by atoms with Crippen molar-refractivity contribution in [2.75, 3.05) is 7.11 Å². The van der Waals surface area contributed by atoms with Gasteiger partial charge in [0.2, 0.25) is 0 Å². The summed E-state index contributed by atoms with van der Waals surface area (Å²) in [5, 5.41) is 10.9. The van der Waals surface area contributed by atoms with E-state index in [2.05, 4.69) is 0 Å². The summed E-state index contributed by atoms with van der Waals surface area (Å²) >= 11 is 0. The molecule has 0 heterocycles. The highest BCUT2D eigenvalue weighted by Gasteiger charge is 2.25. The van der Waals surface area contributed by atoms with Gasteiger partial charge in [-0.1, -0.05) is 26.0 Å². The quantitative estimate of drug-likeness (QED) is 0.449. The van der Waals surface area contributed by atoms with E-state index in [9.17, 15) is 18.5 Å². The van der Waals surface area contributed by atoms with Gasteiger partial charge in [-0.05, 0) is 29.7 Å². The molecule has 0 bridgehead atoms. The Kier molecular flexibility index (Phi) is 5.08. The summed E-state index contributed by atoms with van der Waals surface area (Å²) in [6, 6.07) is 9.97. The second-order valence-electron chi connectivity index (χ2n) is 5.36. The second kappa shape index (κ2) is 6.88. The zero-order chi connectivity index (χ0) is 17.9. The number of hydrogen-bond donors (Lipinski definition) is 0. The van der Waals surface area contributed by atoms with Gasteiger partial charge in [-0.3, -0.25) is 10.1 Å². The van der Waals surface area contributed by atoms with Crippen molar-refractivity contribution in [1.29, 1.82) is 0 Å². The molecule has 0 N–H and O–H groups in total. The fraction of sp³-hybridized carbons (Fsp3) is 0.250. The van der Waals surface area contributed by atoms with Crippen molar-refractivity contribution >= 4 is 15.8 Å². The molecule has 0 atom stereocenters. The van der Waals surface area contributed by atoms with Gasteiger partial charge in [0.1, 0.15) is 11.5 Å². The SMILES string of the molecule is COc1ccc([N+](=O)[O-])cc1S(=O)(=O)Oc1cccc(C(C)C)c1. The minimum atomic E-state index is -4.28. The van der Waals surface area contributed by atoms with Gasteiger partial charge in [0, 0.05) is 12.1 Å². The van der Waals surface area contributed by atoms with E-state index in [0.29, 0.717) is 0 Å². The van der Waals surface area contributed by atoms with Crippen LogP contribution in [-0.4, -0.2) is 20.5 Å². The first-order chi connectivity index (χ1) is 11.2. The molecule has 0 aliphatic rings. The Balaban J connectivity index is 2.45. The number of nitro groups is 1. The smallest absolute Gasteiger partial charge is 0.343 e. The third kappa shape index (κ3) is 3.83. The Morgan fingerprint density at radius 3 is 2.42 bits per heavy atom. The van der Waals surface area contributed by atoms with Crippen LogP contribution in [0.4, 0.5) is 5.69 Å². The number of nitro benzene ring substituents is 1. The lowest BCUT2D eigenvalue weighted by atomic mass is 10.0. The van der Waals surface area contributed by atoms with Crippen molar-refractivity contribution in [3.63, 3.8) is 0 Å². The van der Waals surface area contributed by atoms with Gasteiger partial charge >= 0.3 is 10.1 Å². The summed E-state index contributed by atoms with van der Waals surface area (Å²) in [6.07, 6.45) is 0. The minimum absolute atomic E-state index is 0.0272. The van der Waals surface area contributed by atoms with Crippen LogP contribution in [0, 0.1) is 10.1 Å². The lowest BCUT2D eigenvalue weighted by Gasteiger charge is -2.12. The van der Waals surface area contributed by atoms with E-state index in [-0.39, 0.29) is 23.1 Å². The Morgan fingerprint density at radius 1 is 1.12 bits per heavy atom. The molecule has 0 aromatic heterocycles. The zero-order valence-electron chi connectivity index (χ0n) is 13.4. The molecule has 0 aliphatic carbocycles. The lowest BCUT2D eigenvalue weighted by Crippen LogP contribution is -2.12. The van der Waals surface area contributed by atoms with Crippen LogP contribution in [0.3, 0.4) is 0 Å². The fourth-order valence-electron chi connectivity index (χ4n) is 2.07. The molecule has 2 aromatic rings. The Morgan fingerprint density at radius 2 is 1.83 bits per heavy atom. The summed E-state index contributed by atoms with van der Waals surface area (Å²) in [6.45, 7) is 3.94. The summed E-state index contributed by atoms with van der Waals surface area (Å²) in [5.41, 5.74) is 0.544. The van der Waals surface area contributed by atoms with Crippen LogP contribution in [0.1, 0.15) is 25.3 Å². The molecular weight excluding hydrogens is 334 g/mol. The van der Waals surface area contributed by atoms with Gasteiger partial charge in [0.15, 0.2) is 4.90 Å². The van der Waals surface area contributed by atoms with E-state index >= 15 is 0 Å². The van der Waals surface area contributed by atoms with Gasteiger partial charge in [-0.2, -0.15) is 8.42 Å². The third-order valence-electron chi connectivity index (χ3n) is 3.36. The highest BCUT2D eigenvalue weighted by Crippen LogP contribution is 2.31. The van der Waals surface area contributed by atoms with Crippen molar-refractivity contribution < 1.29 is 22.3 Å². The van der Waals surface area contributed by atoms with Gasteiger partial charge < -0.3 is 8.92 Å². The zero-order valence-corrected chi connectivity index (χ0v) is 14.2. The molecule has 0 spiro atoms. The fourth-order valence-corrected chi connectivity index (χ4v) is 3.18. The molecule has 0 saturated carbocycles. The molecule has 2 aromatic carbocycles. The number of rotatable bonds is 6. The van der Waals surface area contributed by atoms with Crippen LogP contribution in [0.5, 0.6) is 11.5 Å². The number of ether oxygens (including phenoxy) is 1. The van der Waals surface area contributed by atoms with E-state index in [1.807, 2.05) is 19.9 Å². The first-order valence-corrected chi connectivity index (χ1v) is 8.52. The number of nitrogens with zero attached hydrogens (tertiary/aromatic N) is 1. The Bertz CT molecular complexity index is 861. The molecule has 0 fully saturated rings. The number of benzene rings is 2. The monoisotopic (exact) mass is 351 g/mol. The maximum absolute atomic E-state index is 12.5. The molecule has 0 radical (unpaired) electrons. The molecule has 24 heavy (non-hydrogen) atoms. The number of hydrogen-bond acceptors (Lipinski definition) is 6. The predicted octanol–water partition coefficient (Wildman–Crippen LogP) is 3.49. The normalized spacial score (nSPS) is 11.3. The molecular formula is C16H17NO6S. The van der Waals surface area contributed by atoms with E-state index in [1.54, 1.807) is 12.1 Å². The highest BCUT2D eigenvalue weighted by atomic mass is 32.2. The summed E-state index contributed by atoms with van der Waals surface area (Å²) in [4.78, 5) is 9.81. The first kappa shape index (κ1) is 17.7. The van der Waals surface area contributed by atoms with E-state index in [0.717, 1.165) is 17.7 Å². The second-order valence-corrected chi connectivity index (χ2v) is 6.87. The Labute approximate surface area is 140 Å². The molecule has 128 valence electrons. The van der Waals surface area contributed by atoms with Gasteiger partial charge in [0.25, 0.3) is 5.69 Å². The van der Waals surface area contributed by atoms with Crippen molar-refractivity contribution in [1.82, 2.24) is 0 Å². The Hall–Kier alpha value is -2.61. The molecule has 7 nitrogen and oxygen atoms in total. The summed E-state index contributed by atoms with van der Waals surface area (Å²) in [5.74, 6) is 0.305. The van der Waals surface area contributed by atoms with E-state index in [4.69, 9.17) is 8.92 Å². The average Bonchev–Trinajstić information content (AvgIpc) is 2.53. The first-order valence-electron chi connectivity index (χ1n) is 7.11. The van der Waals surface area contributed by atoms with Crippen molar-refractivity contribution in [3.8, 4) is 11.5 Å². The van der Waals surface area contributed by atoms with Gasteiger partial charge in [0.05, 0.1) is 12.0 Å². The summed E-state index contributed by atoms with van der Waals surface area (Å²) in [7, 11) is -3.01. The van der Waals surface area contributed by atoms with Crippen molar-refractivity contribution in [3.05, 3.63) is 58.1 Å². The van der Waals surface area contributed by atoms with Gasteiger partial charge in [-0.25, -0.2) is 0 Å². The van der Waals surface area contributed by atoms with Crippen LogP contribution in [0.2, 0.25) is 0 Å². The maximum Gasteiger partial charge on any atom is 0.343 e. The van der Waals surface area contributed by atoms with E-state index < -0.39 is 19.9 Å². The summed E-state index contributed by atoms with van der Waals surface area (Å²) < 4.78 is 35.1. The van der Waals surface area contributed by atoms with Crippen LogP contribution >= 0.6 is 0 Å². The topological polar surface area (TPSA) is 95.7 Å². The largest absolute Gasteiger partial charge is 0.495 e. The van der Waals surface area contributed by atoms with Crippen LogP contribution in [0.15, 0.2) is 47.4 Å². The molecule has 2 rings (SSSR count). The molecule has 0 amide bonds. The molecule has 8 heteroatoms. The standard InChI is InChI=1S/C16H17NO6S/c1-11(2)12-5-4-6-14(9-12)23-24(20,21)16-10-13(17(18)19)7-8-15(16)22-3/h4-11H,1-3H3. The third-order valence-corrected chi connectivity index (χ3v) is 4.63. The maximum atomic E-state index is 12.5. The number of methoxy groups -OCH3 is 1. The molecule has 0 saturated heterocycles. The average molecular weight is 351 g/mol. The highest BCUT2D eigenvalue weighted by molar-refractivity contribution is 7.87. The lowest BCUT2D eigenvalue weighted by molar-refractivity contribution is -0.385. The van der Waals surface area contributed by atoms with Crippen LogP contribution in [0.25, 0.3) is 0 Å².